The summed E-state index contributed by atoms with van der Waals surface area (Å²) in [4.78, 5) is 0. The van der Waals surface area contributed by atoms with Gasteiger partial charge in [0.1, 0.15) is 5.76 Å². The maximum atomic E-state index is 10.4. The van der Waals surface area contributed by atoms with Crippen LogP contribution >= 0.6 is 0 Å². The van der Waals surface area contributed by atoms with Gasteiger partial charge >= 0.3 is 0 Å². The van der Waals surface area contributed by atoms with Crippen LogP contribution in [0.2, 0.25) is 0 Å². The Hall–Kier alpha value is -1.06. The Morgan fingerprint density at radius 1 is 1.56 bits per heavy atom. The van der Waals surface area contributed by atoms with Gasteiger partial charge in [0.2, 0.25) is 0 Å². The van der Waals surface area contributed by atoms with Gasteiger partial charge in [-0.1, -0.05) is 5.57 Å². The predicted octanol–water partition coefficient (Wildman–Crippen LogP) is 2.19. The normalized spacial score (nSPS) is 21.0. The van der Waals surface area contributed by atoms with Crippen LogP contribution < -0.4 is 5.32 Å². The number of aliphatic hydroxyl groups is 1. The van der Waals surface area contributed by atoms with Gasteiger partial charge in [-0.25, -0.2) is 0 Å². The van der Waals surface area contributed by atoms with Crippen LogP contribution in [0.5, 0.6) is 0 Å². The second-order valence-corrected chi connectivity index (χ2v) is 4.66. The molecule has 1 aromatic heterocycles. The van der Waals surface area contributed by atoms with E-state index in [4.69, 9.17) is 4.42 Å². The number of furan rings is 1. The summed E-state index contributed by atoms with van der Waals surface area (Å²) >= 11 is 0. The van der Waals surface area contributed by atoms with E-state index in [2.05, 4.69) is 5.32 Å². The van der Waals surface area contributed by atoms with Crippen molar-refractivity contribution >= 4 is 6.08 Å². The van der Waals surface area contributed by atoms with Crippen LogP contribution in [0.25, 0.3) is 6.08 Å². The van der Waals surface area contributed by atoms with Crippen molar-refractivity contribution in [2.24, 2.45) is 0 Å². The van der Waals surface area contributed by atoms with Crippen molar-refractivity contribution in [3.05, 3.63) is 29.7 Å². The van der Waals surface area contributed by atoms with Crippen molar-refractivity contribution in [1.29, 1.82) is 0 Å². The summed E-state index contributed by atoms with van der Waals surface area (Å²) in [6.45, 7) is 3.86. The number of rotatable bonds is 3. The van der Waals surface area contributed by atoms with Gasteiger partial charge in [0, 0.05) is 0 Å². The number of piperidine rings is 1. The summed E-state index contributed by atoms with van der Waals surface area (Å²) in [5, 5.41) is 13.6. The third kappa shape index (κ3) is 2.97. The largest absolute Gasteiger partial charge is 0.465 e. The van der Waals surface area contributed by atoms with Gasteiger partial charge in [-0.05, 0) is 57.5 Å². The molecule has 0 atom stereocenters. The fraction of sp³-hybridized carbons (Fsp3) is 0.538. The van der Waals surface area contributed by atoms with Crippen molar-refractivity contribution in [1.82, 2.24) is 5.32 Å². The molecule has 0 radical (unpaired) electrons. The lowest BCUT2D eigenvalue weighted by Crippen LogP contribution is -2.41. The van der Waals surface area contributed by atoms with Crippen LogP contribution in [-0.4, -0.2) is 23.8 Å². The molecule has 2 heterocycles. The van der Waals surface area contributed by atoms with Gasteiger partial charge in [-0.2, -0.15) is 0 Å². The molecule has 0 unspecified atom stereocenters. The molecule has 2 N–H and O–H groups in total. The highest BCUT2D eigenvalue weighted by Crippen LogP contribution is 2.26. The van der Waals surface area contributed by atoms with Gasteiger partial charge in [-0.3, -0.25) is 0 Å². The van der Waals surface area contributed by atoms with Gasteiger partial charge < -0.3 is 14.8 Å². The minimum absolute atomic E-state index is 0.529. The molecule has 0 spiro atoms. The third-order valence-corrected chi connectivity index (χ3v) is 3.07. The van der Waals surface area contributed by atoms with Crippen LogP contribution in [-0.2, 0) is 0 Å². The minimum Gasteiger partial charge on any atom is -0.465 e. The van der Waals surface area contributed by atoms with Crippen molar-refractivity contribution in [2.45, 2.75) is 31.8 Å². The zero-order valence-corrected chi connectivity index (χ0v) is 9.70. The van der Waals surface area contributed by atoms with Crippen LogP contribution in [0, 0.1) is 0 Å². The first-order valence-corrected chi connectivity index (χ1v) is 5.82. The van der Waals surface area contributed by atoms with Crippen LogP contribution in [0.3, 0.4) is 0 Å². The molecule has 2 rings (SSSR count). The SMILES string of the molecule is C/C(=C\c1ccco1)CC1(O)CCNCC1. The molecule has 1 fully saturated rings. The molecule has 0 bridgehead atoms. The molecule has 1 aliphatic heterocycles. The summed E-state index contributed by atoms with van der Waals surface area (Å²) in [5.74, 6) is 0.857. The molecule has 0 amide bonds. The monoisotopic (exact) mass is 221 g/mol. The Morgan fingerprint density at radius 2 is 2.31 bits per heavy atom. The predicted molar refractivity (Wildman–Crippen MR) is 64.0 cm³/mol. The Morgan fingerprint density at radius 3 is 2.94 bits per heavy atom. The van der Waals surface area contributed by atoms with E-state index in [0.29, 0.717) is 0 Å². The van der Waals surface area contributed by atoms with Crippen LogP contribution in [0.1, 0.15) is 31.9 Å². The van der Waals surface area contributed by atoms with Gasteiger partial charge in [-0.15, -0.1) is 0 Å². The lowest BCUT2D eigenvalue weighted by atomic mass is 9.86. The van der Waals surface area contributed by atoms with Crippen molar-refractivity contribution in [3.8, 4) is 0 Å². The Kier molecular flexibility index (Phi) is 3.46. The summed E-state index contributed by atoms with van der Waals surface area (Å²) in [7, 11) is 0. The molecule has 16 heavy (non-hydrogen) atoms. The second-order valence-electron chi connectivity index (χ2n) is 4.66. The molecule has 1 aliphatic rings. The van der Waals surface area contributed by atoms with E-state index in [1.165, 1.54) is 5.57 Å². The van der Waals surface area contributed by atoms with E-state index < -0.39 is 5.60 Å². The maximum Gasteiger partial charge on any atom is 0.126 e. The topological polar surface area (TPSA) is 45.4 Å². The van der Waals surface area contributed by atoms with Crippen molar-refractivity contribution in [3.63, 3.8) is 0 Å². The standard InChI is InChI=1S/C13H19NO2/c1-11(9-12-3-2-8-16-12)10-13(15)4-6-14-7-5-13/h2-3,8-9,14-15H,4-7,10H2,1H3/b11-9+. The highest BCUT2D eigenvalue weighted by Gasteiger charge is 2.28. The van der Waals surface area contributed by atoms with Crippen molar-refractivity contribution < 1.29 is 9.52 Å². The first kappa shape index (κ1) is 11.4. The van der Waals surface area contributed by atoms with E-state index in [9.17, 15) is 5.11 Å². The van der Waals surface area contributed by atoms with E-state index >= 15 is 0 Å². The molecule has 3 nitrogen and oxygen atoms in total. The average Bonchev–Trinajstić information content (AvgIpc) is 2.70. The summed E-state index contributed by atoms with van der Waals surface area (Å²) < 4.78 is 5.26. The van der Waals surface area contributed by atoms with E-state index in [1.807, 2.05) is 25.1 Å². The molecule has 1 aromatic rings. The molecular formula is C13H19NO2. The number of hydrogen-bond acceptors (Lipinski definition) is 3. The lowest BCUT2D eigenvalue weighted by Gasteiger charge is -2.32. The van der Waals surface area contributed by atoms with Gasteiger partial charge in [0.25, 0.3) is 0 Å². The first-order valence-electron chi connectivity index (χ1n) is 5.82. The molecule has 1 saturated heterocycles. The molecule has 0 aromatic carbocycles. The quantitative estimate of drug-likeness (QED) is 0.822. The lowest BCUT2D eigenvalue weighted by molar-refractivity contribution is 0.0111. The summed E-state index contributed by atoms with van der Waals surface area (Å²) in [6, 6.07) is 3.80. The van der Waals surface area contributed by atoms with Crippen LogP contribution in [0.15, 0.2) is 28.4 Å². The minimum atomic E-state index is -0.529. The fourth-order valence-electron chi connectivity index (χ4n) is 2.26. The molecule has 3 heteroatoms. The summed E-state index contributed by atoms with van der Waals surface area (Å²) in [6.07, 6.45) is 6.06. The smallest absolute Gasteiger partial charge is 0.126 e. The van der Waals surface area contributed by atoms with Crippen LogP contribution in [0.4, 0.5) is 0 Å². The highest BCUT2D eigenvalue weighted by molar-refractivity contribution is 5.46. The zero-order chi connectivity index (χ0) is 11.4. The first-order chi connectivity index (χ1) is 7.68. The zero-order valence-electron chi connectivity index (χ0n) is 9.70. The average molecular weight is 221 g/mol. The van der Waals surface area contributed by atoms with Crippen molar-refractivity contribution in [2.75, 3.05) is 13.1 Å². The number of nitrogens with one attached hydrogen (secondary N) is 1. The van der Waals surface area contributed by atoms with E-state index in [0.717, 1.165) is 38.1 Å². The maximum absolute atomic E-state index is 10.4. The molecule has 0 aliphatic carbocycles. The molecule has 88 valence electrons. The second kappa shape index (κ2) is 4.85. The molecule has 0 saturated carbocycles. The Labute approximate surface area is 96.2 Å². The van der Waals surface area contributed by atoms with E-state index in [1.54, 1.807) is 6.26 Å². The summed E-state index contributed by atoms with van der Waals surface area (Å²) in [5.41, 5.74) is 0.637. The Bertz CT molecular complexity index is 348. The molecular weight excluding hydrogens is 202 g/mol. The highest BCUT2D eigenvalue weighted by atomic mass is 16.3. The number of hydrogen-bond donors (Lipinski definition) is 2. The van der Waals surface area contributed by atoms with E-state index in [-0.39, 0.29) is 0 Å². The van der Waals surface area contributed by atoms with Gasteiger partial charge in [0.15, 0.2) is 0 Å². The van der Waals surface area contributed by atoms with Gasteiger partial charge in [0.05, 0.1) is 11.9 Å². The fourth-order valence-corrected chi connectivity index (χ4v) is 2.26. The third-order valence-electron chi connectivity index (χ3n) is 3.07. The Balaban J connectivity index is 1.98.